The standard InChI is InChI=1S/C17H26N2O2/c1-7-15(10-13(3)20)14(4)21-17-16(11-19(5)6)12(2)8-9-18-17/h8-9,11,14-15H,2,7,10H2,1,3-6H3/b16-11+/t14-,15+/m1/s1. The van der Waals surface area contributed by atoms with E-state index < -0.39 is 0 Å². The summed E-state index contributed by atoms with van der Waals surface area (Å²) in [5, 5.41) is 1.76. The van der Waals surface area contributed by atoms with Crippen molar-refractivity contribution in [3.63, 3.8) is 0 Å². The van der Waals surface area contributed by atoms with Crippen molar-refractivity contribution in [1.29, 1.82) is 0 Å². The molecular weight excluding hydrogens is 264 g/mol. The minimum absolute atomic E-state index is 0.0671. The Labute approximate surface area is 127 Å². The predicted molar refractivity (Wildman–Crippen MR) is 86.3 cm³/mol. The molecule has 0 unspecified atom stereocenters. The molecule has 0 N–H and O–H groups in total. The normalized spacial score (nSPS) is 14.6. The molecular formula is C17H26N2O2. The van der Waals surface area contributed by atoms with Gasteiger partial charge in [0.2, 0.25) is 5.88 Å². The maximum absolute atomic E-state index is 11.3. The zero-order chi connectivity index (χ0) is 16.0. The molecule has 0 radical (unpaired) electrons. The largest absolute Gasteiger partial charge is 0.474 e. The highest BCUT2D eigenvalue weighted by atomic mass is 16.5. The van der Waals surface area contributed by atoms with Crippen molar-refractivity contribution in [3.8, 4) is 5.88 Å². The molecule has 1 aromatic rings. The monoisotopic (exact) mass is 290 g/mol. The summed E-state index contributed by atoms with van der Waals surface area (Å²) in [5.74, 6) is 0.965. The molecule has 0 aliphatic heterocycles. The van der Waals surface area contributed by atoms with Crippen LogP contribution in [0.4, 0.5) is 0 Å². The molecule has 0 saturated carbocycles. The highest BCUT2D eigenvalue weighted by molar-refractivity contribution is 5.75. The fourth-order valence-electron chi connectivity index (χ4n) is 2.27. The summed E-state index contributed by atoms with van der Waals surface area (Å²) in [6.07, 6.45) is 5.01. The number of rotatable bonds is 7. The van der Waals surface area contributed by atoms with Gasteiger partial charge >= 0.3 is 0 Å². The lowest BCUT2D eigenvalue weighted by atomic mass is 9.95. The Hall–Kier alpha value is -1.84. The highest BCUT2D eigenvalue weighted by Crippen LogP contribution is 2.17. The summed E-state index contributed by atoms with van der Waals surface area (Å²) in [5.41, 5.74) is 0. The van der Waals surface area contributed by atoms with Crippen LogP contribution in [0.2, 0.25) is 0 Å². The van der Waals surface area contributed by atoms with Crippen molar-refractivity contribution in [2.75, 3.05) is 14.1 Å². The zero-order valence-electron chi connectivity index (χ0n) is 13.7. The molecule has 0 aromatic carbocycles. The number of carbonyl (C=O) groups excluding carboxylic acids is 1. The summed E-state index contributed by atoms with van der Waals surface area (Å²) in [4.78, 5) is 17.6. The van der Waals surface area contributed by atoms with Crippen LogP contribution in [0.5, 0.6) is 5.88 Å². The van der Waals surface area contributed by atoms with Gasteiger partial charge in [0, 0.05) is 38.8 Å². The van der Waals surface area contributed by atoms with E-state index in [1.807, 2.05) is 38.2 Å². The molecule has 2 atom stereocenters. The quantitative estimate of drug-likeness (QED) is 0.764. The third-order valence-electron chi connectivity index (χ3n) is 3.47. The highest BCUT2D eigenvalue weighted by Gasteiger charge is 2.19. The smallest absolute Gasteiger partial charge is 0.223 e. The molecule has 0 aliphatic carbocycles. The van der Waals surface area contributed by atoms with Crippen molar-refractivity contribution in [2.24, 2.45) is 5.92 Å². The van der Waals surface area contributed by atoms with Crippen molar-refractivity contribution in [1.82, 2.24) is 9.88 Å². The molecule has 21 heavy (non-hydrogen) atoms. The van der Waals surface area contributed by atoms with E-state index in [9.17, 15) is 4.79 Å². The fourth-order valence-corrected chi connectivity index (χ4v) is 2.27. The lowest BCUT2D eigenvalue weighted by Crippen LogP contribution is -2.33. The van der Waals surface area contributed by atoms with Crippen LogP contribution in [0, 0.1) is 5.92 Å². The molecule has 0 bridgehead atoms. The molecule has 1 aromatic heterocycles. The molecule has 0 saturated heterocycles. The summed E-state index contributed by atoms with van der Waals surface area (Å²) in [6.45, 7) is 9.71. The molecule has 0 fully saturated rings. The number of hydrogen-bond donors (Lipinski definition) is 0. The van der Waals surface area contributed by atoms with E-state index in [1.165, 1.54) is 0 Å². The Morgan fingerprint density at radius 2 is 2.19 bits per heavy atom. The van der Waals surface area contributed by atoms with Gasteiger partial charge in [0.1, 0.15) is 11.9 Å². The number of ether oxygens (including phenoxy) is 1. The topological polar surface area (TPSA) is 42.4 Å². The second-order valence-corrected chi connectivity index (χ2v) is 5.68. The Bertz CT molecular complexity index is 581. The summed E-state index contributed by atoms with van der Waals surface area (Å²) in [7, 11) is 3.90. The maximum atomic E-state index is 11.3. The number of Topliss-reactive ketones (excluding diaryl/α,β-unsaturated/α-hetero) is 1. The second kappa shape index (κ2) is 7.81. The molecule has 0 aliphatic rings. The molecule has 1 rings (SSSR count). The van der Waals surface area contributed by atoms with Gasteiger partial charge in [-0.1, -0.05) is 13.5 Å². The molecule has 1 heterocycles. The lowest BCUT2D eigenvalue weighted by molar-refractivity contribution is -0.118. The van der Waals surface area contributed by atoms with E-state index in [0.717, 1.165) is 16.9 Å². The summed E-state index contributed by atoms with van der Waals surface area (Å²) in [6, 6.07) is 1.86. The lowest BCUT2D eigenvalue weighted by Gasteiger charge is -2.23. The van der Waals surface area contributed by atoms with Gasteiger partial charge in [-0.3, -0.25) is 0 Å². The van der Waals surface area contributed by atoms with Crippen molar-refractivity contribution in [3.05, 3.63) is 22.7 Å². The van der Waals surface area contributed by atoms with Crippen LogP contribution in [-0.4, -0.2) is 35.9 Å². The molecule has 4 nitrogen and oxygen atoms in total. The number of nitrogens with zero attached hydrogens (tertiary/aromatic N) is 2. The third-order valence-corrected chi connectivity index (χ3v) is 3.47. The maximum Gasteiger partial charge on any atom is 0.223 e. The number of aromatic nitrogens is 1. The van der Waals surface area contributed by atoms with Gasteiger partial charge in [-0.25, -0.2) is 4.98 Å². The van der Waals surface area contributed by atoms with Crippen LogP contribution in [0.25, 0.3) is 12.8 Å². The van der Waals surface area contributed by atoms with E-state index >= 15 is 0 Å². The van der Waals surface area contributed by atoms with Crippen molar-refractivity contribution >= 4 is 18.6 Å². The number of carbonyl (C=O) groups is 1. The molecule has 116 valence electrons. The van der Waals surface area contributed by atoms with E-state index in [0.29, 0.717) is 12.3 Å². The molecule has 4 heteroatoms. The number of ketones is 1. The van der Waals surface area contributed by atoms with E-state index in [2.05, 4.69) is 18.5 Å². The van der Waals surface area contributed by atoms with E-state index in [-0.39, 0.29) is 17.8 Å². The first-order valence-electron chi connectivity index (χ1n) is 7.33. The van der Waals surface area contributed by atoms with Crippen molar-refractivity contribution < 1.29 is 9.53 Å². The van der Waals surface area contributed by atoms with Crippen LogP contribution >= 0.6 is 0 Å². The average Bonchev–Trinajstić information content (AvgIpc) is 2.39. The van der Waals surface area contributed by atoms with Crippen LogP contribution in [0.1, 0.15) is 33.6 Å². The Balaban J connectivity index is 3.05. The molecule has 0 spiro atoms. The Morgan fingerprint density at radius 3 is 2.71 bits per heavy atom. The van der Waals surface area contributed by atoms with Crippen LogP contribution in [0.15, 0.2) is 12.3 Å². The minimum Gasteiger partial charge on any atom is -0.474 e. The van der Waals surface area contributed by atoms with E-state index in [1.54, 1.807) is 13.1 Å². The number of pyridine rings is 1. The zero-order valence-corrected chi connectivity index (χ0v) is 13.7. The van der Waals surface area contributed by atoms with Gasteiger partial charge in [0.05, 0.1) is 5.22 Å². The van der Waals surface area contributed by atoms with Gasteiger partial charge in [-0.2, -0.15) is 0 Å². The Kier molecular flexibility index (Phi) is 6.40. The predicted octanol–water partition coefficient (Wildman–Crippen LogP) is 1.56. The minimum atomic E-state index is -0.0671. The summed E-state index contributed by atoms with van der Waals surface area (Å²) < 4.78 is 6.02. The average molecular weight is 290 g/mol. The van der Waals surface area contributed by atoms with Gasteiger partial charge in [0.15, 0.2) is 0 Å². The first-order valence-corrected chi connectivity index (χ1v) is 7.33. The van der Waals surface area contributed by atoms with Crippen LogP contribution in [-0.2, 0) is 4.79 Å². The Morgan fingerprint density at radius 1 is 1.52 bits per heavy atom. The van der Waals surface area contributed by atoms with Gasteiger partial charge < -0.3 is 14.4 Å². The van der Waals surface area contributed by atoms with Crippen LogP contribution in [0.3, 0.4) is 0 Å². The van der Waals surface area contributed by atoms with Crippen LogP contribution < -0.4 is 15.2 Å². The number of hydrogen-bond acceptors (Lipinski definition) is 4. The third kappa shape index (κ3) is 5.21. The fraction of sp³-hybridized carbons (Fsp3) is 0.529. The summed E-state index contributed by atoms with van der Waals surface area (Å²) >= 11 is 0. The van der Waals surface area contributed by atoms with Gasteiger partial charge in [0.25, 0.3) is 0 Å². The molecule has 0 amide bonds. The first kappa shape index (κ1) is 17.2. The first-order chi connectivity index (χ1) is 9.85. The van der Waals surface area contributed by atoms with Gasteiger partial charge in [-0.15, -0.1) is 0 Å². The second-order valence-electron chi connectivity index (χ2n) is 5.68. The van der Waals surface area contributed by atoms with Gasteiger partial charge in [-0.05, 0) is 31.6 Å². The van der Waals surface area contributed by atoms with Crippen molar-refractivity contribution in [2.45, 2.75) is 39.7 Å². The van der Waals surface area contributed by atoms with E-state index in [4.69, 9.17) is 4.74 Å². The SMILES string of the molecule is C=c1ccnc(O[C@H](C)[C@@H](CC)CC(C)=O)/c1=C/N(C)C.